The number of anilines is 1. The van der Waals surface area contributed by atoms with Gasteiger partial charge in [0.05, 0.1) is 16.9 Å². The van der Waals surface area contributed by atoms with Gasteiger partial charge in [-0.15, -0.1) is 11.3 Å². The number of hydrogen-bond acceptors (Lipinski definition) is 6. The number of nitrogens with zero attached hydrogens (tertiary/aromatic N) is 3. The van der Waals surface area contributed by atoms with Crippen LogP contribution >= 0.6 is 11.3 Å². The van der Waals surface area contributed by atoms with E-state index in [0.717, 1.165) is 11.4 Å². The molecule has 0 spiro atoms. The highest BCUT2D eigenvalue weighted by Gasteiger charge is 2.11. The van der Waals surface area contributed by atoms with E-state index in [9.17, 15) is 4.79 Å². The highest BCUT2D eigenvalue weighted by Crippen LogP contribution is 2.19. The summed E-state index contributed by atoms with van der Waals surface area (Å²) in [5, 5.41) is 5.27. The van der Waals surface area contributed by atoms with Gasteiger partial charge in [-0.3, -0.25) is 19.7 Å². The van der Waals surface area contributed by atoms with Crippen molar-refractivity contribution in [3.8, 4) is 0 Å². The Morgan fingerprint density at radius 3 is 2.83 bits per heavy atom. The topological polar surface area (TPSA) is 93.8 Å². The van der Waals surface area contributed by atoms with Gasteiger partial charge in [0.25, 0.3) is 5.91 Å². The van der Waals surface area contributed by atoms with Gasteiger partial charge in [0.1, 0.15) is 0 Å². The van der Waals surface area contributed by atoms with Crippen LogP contribution in [0.1, 0.15) is 26.6 Å². The monoisotopic (exact) mass is 325 g/mol. The summed E-state index contributed by atoms with van der Waals surface area (Å²) in [6.45, 7) is 0.631. The van der Waals surface area contributed by atoms with E-state index in [1.807, 2.05) is 23.6 Å². The van der Waals surface area contributed by atoms with E-state index < -0.39 is 5.91 Å². The molecule has 0 unspecified atom stereocenters. The lowest BCUT2D eigenvalue weighted by Gasteiger charge is -2.11. The molecule has 6 nitrogen and oxygen atoms in total. The molecule has 0 aliphatic heterocycles. The van der Waals surface area contributed by atoms with Crippen molar-refractivity contribution in [2.45, 2.75) is 13.0 Å². The van der Waals surface area contributed by atoms with Crippen molar-refractivity contribution in [1.82, 2.24) is 15.0 Å². The van der Waals surface area contributed by atoms with E-state index in [0.29, 0.717) is 24.2 Å². The Balaban J connectivity index is 1.82. The third-order valence-electron chi connectivity index (χ3n) is 3.24. The number of hydrogen-bond donors (Lipinski definition) is 2. The van der Waals surface area contributed by atoms with Crippen molar-refractivity contribution in [1.29, 1.82) is 0 Å². The molecular formula is C16H15N5OS. The van der Waals surface area contributed by atoms with Gasteiger partial charge in [-0.1, -0.05) is 6.07 Å². The number of primary amides is 1. The summed E-state index contributed by atoms with van der Waals surface area (Å²) < 4.78 is 0. The predicted octanol–water partition coefficient (Wildman–Crippen LogP) is 2.23. The van der Waals surface area contributed by atoms with Gasteiger partial charge in [-0.05, 0) is 17.5 Å². The molecule has 0 saturated heterocycles. The number of nitrogens with two attached hydrogens (primary N) is 1. The molecule has 1 amide bonds. The maximum absolute atomic E-state index is 11.6. The third-order valence-corrected chi connectivity index (χ3v) is 4.11. The largest absolute Gasteiger partial charge is 0.379 e. The second-order valence-corrected chi connectivity index (χ2v) is 5.92. The molecule has 0 aliphatic carbocycles. The second-order valence-electron chi connectivity index (χ2n) is 4.89. The summed E-state index contributed by atoms with van der Waals surface area (Å²) in [7, 11) is 0. The highest BCUT2D eigenvalue weighted by atomic mass is 32.1. The first-order valence-corrected chi connectivity index (χ1v) is 7.90. The standard InChI is InChI=1S/C16H15N5OS/c17-16(22)14-10-20-11(6-12-8-18-3-4-19-12)7-15(14)21-9-13-2-1-5-23-13/h1-5,7-8,10H,6,9H2,(H2,17,22)(H,20,21). The molecule has 0 saturated carbocycles. The van der Waals surface area contributed by atoms with E-state index in [4.69, 9.17) is 5.73 Å². The van der Waals surface area contributed by atoms with Gasteiger partial charge in [0.2, 0.25) is 0 Å². The normalized spacial score (nSPS) is 10.4. The number of nitrogens with one attached hydrogen (secondary N) is 1. The Bertz CT molecular complexity index is 789. The fourth-order valence-corrected chi connectivity index (χ4v) is 2.78. The van der Waals surface area contributed by atoms with Crippen molar-refractivity contribution >= 4 is 22.9 Å². The van der Waals surface area contributed by atoms with E-state index in [-0.39, 0.29) is 0 Å². The first kappa shape index (κ1) is 15.1. The first-order valence-electron chi connectivity index (χ1n) is 7.02. The average Bonchev–Trinajstić information content (AvgIpc) is 3.07. The molecule has 0 aliphatic rings. The van der Waals surface area contributed by atoms with Crippen LogP contribution in [0.15, 0.2) is 48.4 Å². The van der Waals surface area contributed by atoms with Gasteiger partial charge in [-0.2, -0.15) is 0 Å². The molecule has 3 N–H and O–H groups in total. The molecule has 0 fully saturated rings. The lowest BCUT2D eigenvalue weighted by molar-refractivity contribution is 0.100. The fourth-order valence-electron chi connectivity index (χ4n) is 2.14. The van der Waals surface area contributed by atoms with Crippen molar-refractivity contribution in [2.75, 3.05) is 5.32 Å². The van der Waals surface area contributed by atoms with Crippen LogP contribution in [0.4, 0.5) is 5.69 Å². The zero-order valence-electron chi connectivity index (χ0n) is 12.3. The van der Waals surface area contributed by atoms with E-state index in [1.54, 1.807) is 29.9 Å². The second kappa shape index (κ2) is 6.97. The SMILES string of the molecule is NC(=O)c1cnc(Cc2cnccn2)cc1NCc1cccs1. The maximum atomic E-state index is 11.6. The summed E-state index contributed by atoms with van der Waals surface area (Å²) in [4.78, 5) is 25.3. The molecule has 3 heterocycles. The van der Waals surface area contributed by atoms with Gasteiger partial charge >= 0.3 is 0 Å². The molecule has 7 heteroatoms. The Morgan fingerprint density at radius 1 is 1.22 bits per heavy atom. The molecule has 3 aromatic heterocycles. The molecule has 3 rings (SSSR count). The molecular weight excluding hydrogens is 310 g/mol. The number of carbonyl (C=O) groups is 1. The van der Waals surface area contributed by atoms with Crippen molar-refractivity contribution in [3.05, 3.63) is 70.2 Å². The minimum absolute atomic E-state index is 0.379. The molecule has 0 aromatic carbocycles. The van der Waals surface area contributed by atoms with E-state index in [2.05, 4.69) is 20.3 Å². The lowest BCUT2D eigenvalue weighted by atomic mass is 10.1. The van der Waals surface area contributed by atoms with Crippen LogP contribution in [-0.2, 0) is 13.0 Å². The van der Waals surface area contributed by atoms with Crippen molar-refractivity contribution in [2.24, 2.45) is 5.73 Å². The zero-order valence-corrected chi connectivity index (χ0v) is 13.1. The number of aromatic nitrogens is 3. The minimum Gasteiger partial charge on any atom is -0.379 e. The zero-order chi connectivity index (χ0) is 16.1. The van der Waals surface area contributed by atoms with Crippen LogP contribution < -0.4 is 11.1 Å². The number of amides is 1. The number of thiophene rings is 1. The summed E-state index contributed by atoms with van der Waals surface area (Å²) in [5.74, 6) is -0.503. The minimum atomic E-state index is -0.503. The van der Waals surface area contributed by atoms with E-state index in [1.165, 1.54) is 11.1 Å². The molecule has 23 heavy (non-hydrogen) atoms. The Labute approximate surface area is 137 Å². The number of rotatable bonds is 6. The van der Waals surface area contributed by atoms with Crippen LogP contribution in [-0.4, -0.2) is 20.9 Å². The van der Waals surface area contributed by atoms with Gasteiger partial charge in [-0.25, -0.2) is 0 Å². The maximum Gasteiger partial charge on any atom is 0.252 e. The van der Waals surface area contributed by atoms with Crippen LogP contribution in [0.5, 0.6) is 0 Å². The number of pyridine rings is 1. The molecule has 0 radical (unpaired) electrons. The Kier molecular flexibility index (Phi) is 4.58. The summed E-state index contributed by atoms with van der Waals surface area (Å²) in [6.07, 6.45) is 7.01. The fraction of sp³-hybridized carbons (Fsp3) is 0.125. The molecule has 0 bridgehead atoms. The van der Waals surface area contributed by atoms with Gasteiger partial charge < -0.3 is 11.1 Å². The van der Waals surface area contributed by atoms with Crippen molar-refractivity contribution < 1.29 is 4.79 Å². The summed E-state index contributed by atoms with van der Waals surface area (Å²) in [6, 6.07) is 5.86. The van der Waals surface area contributed by atoms with Crippen LogP contribution in [0.3, 0.4) is 0 Å². The van der Waals surface area contributed by atoms with Gasteiger partial charge in [0, 0.05) is 48.3 Å². The lowest BCUT2D eigenvalue weighted by Crippen LogP contribution is -2.15. The molecule has 0 atom stereocenters. The summed E-state index contributed by atoms with van der Waals surface area (Å²) >= 11 is 1.65. The Hall–Kier alpha value is -2.80. The predicted molar refractivity (Wildman–Crippen MR) is 89.2 cm³/mol. The van der Waals surface area contributed by atoms with Crippen LogP contribution in [0, 0.1) is 0 Å². The summed E-state index contributed by atoms with van der Waals surface area (Å²) in [5.41, 5.74) is 8.10. The first-order chi connectivity index (χ1) is 11.2. The molecule has 116 valence electrons. The molecule has 3 aromatic rings. The van der Waals surface area contributed by atoms with Crippen LogP contribution in [0.2, 0.25) is 0 Å². The Morgan fingerprint density at radius 2 is 2.13 bits per heavy atom. The average molecular weight is 325 g/mol. The quantitative estimate of drug-likeness (QED) is 0.725. The highest BCUT2D eigenvalue weighted by molar-refractivity contribution is 7.09. The number of carbonyl (C=O) groups excluding carboxylic acids is 1. The third kappa shape index (κ3) is 3.89. The van der Waals surface area contributed by atoms with Gasteiger partial charge in [0.15, 0.2) is 0 Å². The van der Waals surface area contributed by atoms with Crippen LogP contribution in [0.25, 0.3) is 0 Å². The van der Waals surface area contributed by atoms with E-state index >= 15 is 0 Å². The van der Waals surface area contributed by atoms with Crippen molar-refractivity contribution in [3.63, 3.8) is 0 Å². The smallest absolute Gasteiger partial charge is 0.252 e.